The van der Waals surface area contributed by atoms with Crippen LogP contribution in [0, 0.1) is 0 Å². The number of sulfonamides is 1. The van der Waals surface area contributed by atoms with E-state index in [1.54, 1.807) is 0 Å². The van der Waals surface area contributed by atoms with E-state index in [9.17, 15) is 8.42 Å². The van der Waals surface area contributed by atoms with Gasteiger partial charge in [-0.3, -0.25) is 0 Å². The van der Waals surface area contributed by atoms with Crippen molar-refractivity contribution >= 4 is 10.0 Å². The van der Waals surface area contributed by atoms with E-state index in [2.05, 4.69) is 17.0 Å². The summed E-state index contributed by atoms with van der Waals surface area (Å²) in [5.74, 6) is 0.258. The molecular formula is C12H24N2O2S. The second-order valence-corrected chi connectivity index (χ2v) is 7.33. The first-order chi connectivity index (χ1) is 8.05. The fourth-order valence-corrected chi connectivity index (χ4v) is 4.00. The lowest BCUT2D eigenvalue weighted by atomic mass is 9.76. The van der Waals surface area contributed by atoms with Gasteiger partial charge in [-0.25, -0.2) is 13.1 Å². The van der Waals surface area contributed by atoms with Crippen LogP contribution in [0.5, 0.6) is 0 Å². The van der Waals surface area contributed by atoms with Crippen LogP contribution in [0.3, 0.4) is 0 Å². The Morgan fingerprint density at radius 2 is 2.00 bits per heavy atom. The summed E-state index contributed by atoms with van der Waals surface area (Å²) in [6.45, 7) is 2.89. The molecule has 5 heteroatoms. The minimum Gasteiger partial charge on any atom is -0.314 e. The average Bonchev–Trinajstić information content (AvgIpc) is 3.03. The second kappa shape index (κ2) is 5.24. The molecule has 0 radical (unpaired) electrons. The van der Waals surface area contributed by atoms with Crippen molar-refractivity contribution in [3.8, 4) is 0 Å². The van der Waals surface area contributed by atoms with Crippen molar-refractivity contribution in [3.63, 3.8) is 0 Å². The average molecular weight is 260 g/mol. The van der Waals surface area contributed by atoms with Crippen molar-refractivity contribution in [3.05, 3.63) is 0 Å². The number of hydrogen-bond donors (Lipinski definition) is 2. The Morgan fingerprint density at radius 1 is 1.29 bits per heavy atom. The zero-order valence-electron chi connectivity index (χ0n) is 10.7. The van der Waals surface area contributed by atoms with Gasteiger partial charge >= 0.3 is 0 Å². The van der Waals surface area contributed by atoms with Gasteiger partial charge in [0.2, 0.25) is 10.0 Å². The minimum absolute atomic E-state index is 0.108. The SMILES string of the molecule is CCC1(NS(=O)(=O)CCCNC2CC2)CCC1. The highest BCUT2D eigenvalue weighted by atomic mass is 32.2. The highest BCUT2D eigenvalue weighted by Gasteiger charge is 2.38. The Bertz CT molecular complexity index is 340. The van der Waals surface area contributed by atoms with Crippen molar-refractivity contribution in [1.29, 1.82) is 0 Å². The molecule has 2 aliphatic rings. The molecule has 0 unspecified atom stereocenters. The molecule has 2 fully saturated rings. The zero-order valence-corrected chi connectivity index (χ0v) is 11.5. The maximum absolute atomic E-state index is 11.9. The fraction of sp³-hybridized carbons (Fsp3) is 1.00. The van der Waals surface area contributed by atoms with E-state index in [0.717, 1.165) is 32.2 Å². The van der Waals surface area contributed by atoms with Crippen LogP contribution in [0.25, 0.3) is 0 Å². The van der Waals surface area contributed by atoms with E-state index in [1.165, 1.54) is 12.8 Å². The molecule has 100 valence electrons. The van der Waals surface area contributed by atoms with Crippen molar-refractivity contribution in [1.82, 2.24) is 10.0 Å². The van der Waals surface area contributed by atoms with Crippen molar-refractivity contribution < 1.29 is 8.42 Å². The van der Waals surface area contributed by atoms with Gasteiger partial charge in [-0.15, -0.1) is 0 Å². The minimum atomic E-state index is -3.08. The third kappa shape index (κ3) is 3.93. The van der Waals surface area contributed by atoms with Crippen LogP contribution in [0.4, 0.5) is 0 Å². The topological polar surface area (TPSA) is 58.2 Å². The first-order valence-corrected chi connectivity index (χ1v) is 8.45. The predicted molar refractivity (Wildman–Crippen MR) is 69.4 cm³/mol. The lowest BCUT2D eigenvalue weighted by Crippen LogP contribution is -2.53. The molecule has 0 aromatic rings. The molecule has 2 saturated carbocycles. The molecule has 0 spiro atoms. The highest BCUT2D eigenvalue weighted by molar-refractivity contribution is 7.89. The smallest absolute Gasteiger partial charge is 0.212 e. The van der Waals surface area contributed by atoms with Crippen molar-refractivity contribution in [2.75, 3.05) is 12.3 Å². The Hall–Kier alpha value is -0.130. The van der Waals surface area contributed by atoms with Crippen molar-refractivity contribution in [2.24, 2.45) is 0 Å². The normalized spacial score (nSPS) is 23.4. The first kappa shape index (κ1) is 13.3. The Labute approximate surface area is 105 Å². The maximum atomic E-state index is 11.9. The Balaban J connectivity index is 1.69. The highest BCUT2D eigenvalue weighted by Crippen LogP contribution is 2.35. The summed E-state index contributed by atoms with van der Waals surface area (Å²) in [6, 6.07) is 0.666. The number of rotatable bonds is 8. The summed E-state index contributed by atoms with van der Waals surface area (Å²) in [5, 5.41) is 3.34. The van der Waals surface area contributed by atoms with Gasteiger partial charge in [-0.05, 0) is 51.5 Å². The van der Waals surface area contributed by atoms with Gasteiger partial charge in [0.1, 0.15) is 0 Å². The van der Waals surface area contributed by atoms with E-state index in [-0.39, 0.29) is 11.3 Å². The van der Waals surface area contributed by atoms with Crippen LogP contribution in [-0.2, 0) is 10.0 Å². The van der Waals surface area contributed by atoms with Gasteiger partial charge < -0.3 is 5.32 Å². The third-order valence-corrected chi connectivity index (χ3v) is 5.53. The van der Waals surface area contributed by atoms with Crippen LogP contribution in [0.15, 0.2) is 0 Å². The number of nitrogens with one attached hydrogen (secondary N) is 2. The number of hydrogen-bond acceptors (Lipinski definition) is 3. The zero-order chi connectivity index (χ0) is 12.4. The largest absolute Gasteiger partial charge is 0.314 e. The van der Waals surface area contributed by atoms with Gasteiger partial charge in [-0.1, -0.05) is 6.92 Å². The summed E-state index contributed by atoms with van der Waals surface area (Å²) in [5.41, 5.74) is -0.108. The molecule has 2 aliphatic carbocycles. The van der Waals surface area contributed by atoms with E-state index in [0.29, 0.717) is 12.5 Å². The molecule has 0 aromatic carbocycles. The summed E-state index contributed by atoms with van der Waals surface area (Å²) in [4.78, 5) is 0. The molecule has 0 aromatic heterocycles. The van der Waals surface area contributed by atoms with E-state index < -0.39 is 10.0 Å². The molecule has 0 saturated heterocycles. The van der Waals surface area contributed by atoms with Crippen LogP contribution in [0.2, 0.25) is 0 Å². The molecule has 2 N–H and O–H groups in total. The third-order valence-electron chi connectivity index (χ3n) is 3.96. The van der Waals surface area contributed by atoms with Crippen LogP contribution in [0.1, 0.15) is 51.9 Å². The molecule has 0 amide bonds. The van der Waals surface area contributed by atoms with E-state index in [1.807, 2.05) is 0 Å². The van der Waals surface area contributed by atoms with E-state index in [4.69, 9.17) is 0 Å². The molecule has 17 heavy (non-hydrogen) atoms. The van der Waals surface area contributed by atoms with Gasteiger partial charge in [0.05, 0.1) is 5.75 Å². The van der Waals surface area contributed by atoms with Crippen LogP contribution in [-0.4, -0.2) is 32.3 Å². The summed E-state index contributed by atoms with van der Waals surface area (Å²) < 4.78 is 26.7. The molecule has 0 heterocycles. The summed E-state index contributed by atoms with van der Waals surface area (Å²) >= 11 is 0. The lowest BCUT2D eigenvalue weighted by molar-refractivity contribution is 0.214. The Morgan fingerprint density at radius 3 is 2.47 bits per heavy atom. The standard InChI is InChI=1S/C12H24N2O2S/c1-2-12(7-3-8-12)14-17(15,16)10-4-9-13-11-5-6-11/h11,13-14H,2-10H2,1H3. The van der Waals surface area contributed by atoms with Crippen molar-refractivity contribution in [2.45, 2.75) is 63.5 Å². The van der Waals surface area contributed by atoms with Gasteiger partial charge in [0, 0.05) is 11.6 Å². The molecule has 4 nitrogen and oxygen atoms in total. The van der Waals surface area contributed by atoms with Gasteiger partial charge in [0.25, 0.3) is 0 Å². The van der Waals surface area contributed by atoms with Gasteiger partial charge in [0.15, 0.2) is 0 Å². The van der Waals surface area contributed by atoms with Crippen LogP contribution >= 0.6 is 0 Å². The summed E-state index contributed by atoms with van der Waals surface area (Å²) in [7, 11) is -3.08. The summed E-state index contributed by atoms with van der Waals surface area (Å²) in [6.07, 6.45) is 7.29. The second-order valence-electron chi connectivity index (χ2n) is 5.49. The van der Waals surface area contributed by atoms with Gasteiger partial charge in [-0.2, -0.15) is 0 Å². The molecular weight excluding hydrogens is 236 g/mol. The quantitative estimate of drug-likeness (QED) is 0.648. The molecule has 0 bridgehead atoms. The molecule has 0 aliphatic heterocycles. The maximum Gasteiger partial charge on any atom is 0.212 e. The Kier molecular flexibility index (Phi) is 4.10. The van der Waals surface area contributed by atoms with Crippen LogP contribution < -0.4 is 10.0 Å². The molecule has 0 atom stereocenters. The fourth-order valence-electron chi connectivity index (χ4n) is 2.37. The monoisotopic (exact) mass is 260 g/mol. The lowest BCUT2D eigenvalue weighted by Gasteiger charge is -2.41. The predicted octanol–water partition coefficient (Wildman–Crippen LogP) is 1.38. The molecule has 2 rings (SSSR count). The van der Waals surface area contributed by atoms with E-state index >= 15 is 0 Å². The first-order valence-electron chi connectivity index (χ1n) is 6.80.